The summed E-state index contributed by atoms with van der Waals surface area (Å²) < 4.78 is 0. The fourth-order valence-corrected chi connectivity index (χ4v) is 4.33. The molecule has 4 rings (SSSR count). The van der Waals surface area contributed by atoms with Crippen molar-refractivity contribution in [2.24, 2.45) is 0 Å². The van der Waals surface area contributed by atoms with Crippen LogP contribution in [0.1, 0.15) is 35.6 Å². The van der Waals surface area contributed by atoms with Gasteiger partial charge in [0, 0.05) is 22.2 Å². The first-order chi connectivity index (χ1) is 11.9. The molecule has 6 heteroatoms. The lowest BCUT2D eigenvalue weighted by Crippen LogP contribution is -2.52. The molecular weight excluding hydrogens is 359 g/mol. The van der Waals surface area contributed by atoms with E-state index in [-0.39, 0.29) is 11.8 Å². The summed E-state index contributed by atoms with van der Waals surface area (Å²) in [4.78, 5) is 25.2. The second-order valence-corrected chi connectivity index (χ2v) is 7.49. The molecule has 2 aliphatic heterocycles. The number of nitrogens with one attached hydrogen (secondary N) is 2. The van der Waals surface area contributed by atoms with Gasteiger partial charge in [-0.15, -0.1) is 0 Å². The van der Waals surface area contributed by atoms with Crippen molar-refractivity contribution in [1.82, 2.24) is 5.32 Å². The van der Waals surface area contributed by atoms with Crippen molar-refractivity contribution in [3.63, 3.8) is 0 Å². The highest BCUT2D eigenvalue weighted by Gasteiger charge is 2.55. The summed E-state index contributed by atoms with van der Waals surface area (Å²) >= 11 is 12.3. The molecule has 1 fully saturated rings. The van der Waals surface area contributed by atoms with Crippen LogP contribution >= 0.6 is 23.2 Å². The van der Waals surface area contributed by atoms with Crippen LogP contribution < -0.4 is 10.6 Å². The topological polar surface area (TPSA) is 58.2 Å². The summed E-state index contributed by atoms with van der Waals surface area (Å²) in [5, 5.41) is 7.10. The third kappa shape index (κ3) is 2.43. The number of aryl methyl sites for hydroxylation is 1. The van der Waals surface area contributed by atoms with Gasteiger partial charge in [0.2, 0.25) is 11.8 Å². The van der Waals surface area contributed by atoms with Crippen LogP contribution in [-0.4, -0.2) is 11.8 Å². The highest BCUT2D eigenvalue weighted by Crippen LogP contribution is 2.51. The monoisotopic (exact) mass is 374 g/mol. The number of piperidine rings is 1. The zero-order valence-electron chi connectivity index (χ0n) is 13.5. The van der Waals surface area contributed by atoms with Crippen LogP contribution in [0, 0.1) is 6.92 Å². The van der Waals surface area contributed by atoms with E-state index in [9.17, 15) is 9.59 Å². The number of amides is 2. The number of hydrogen-bond acceptors (Lipinski definition) is 2. The first-order valence-corrected chi connectivity index (χ1v) is 8.84. The first-order valence-electron chi connectivity index (χ1n) is 8.09. The Bertz CT molecular complexity index is 912. The SMILES string of the molecule is Cc1ccc(Cl)cc1[C@H]1NC(=O)CC[C@]12C(=O)Nc1cc(Cl)ccc12. The zero-order valence-corrected chi connectivity index (χ0v) is 15.0. The predicted octanol–water partition coefficient (Wildman–Crippen LogP) is 4.14. The third-order valence-electron chi connectivity index (χ3n) is 5.21. The molecule has 2 aliphatic rings. The van der Waals surface area contributed by atoms with Crippen LogP contribution in [0.4, 0.5) is 5.69 Å². The fraction of sp³-hybridized carbons (Fsp3) is 0.263. The van der Waals surface area contributed by atoms with Crippen molar-refractivity contribution < 1.29 is 9.59 Å². The first kappa shape index (κ1) is 16.4. The van der Waals surface area contributed by atoms with Gasteiger partial charge in [0.1, 0.15) is 5.41 Å². The van der Waals surface area contributed by atoms with Crippen LogP contribution in [-0.2, 0) is 15.0 Å². The van der Waals surface area contributed by atoms with Gasteiger partial charge in [-0.2, -0.15) is 0 Å². The number of rotatable bonds is 1. The van der Waals surface area contributed by atoms with E-state index in [2.05, 4.69) is 10.6 Å². The van der Waals surface area contributed by atoms with Crippen molar-refractivity contribution in [1.29, 1.82) is 0 Å². The average molecular weight is 375 g/mol. The summed E-state index contributed by atoms with van der Waals surface area (Å²) in [7, 11) is 0. The van der Waals surface area contributed by atoms with Gasteiger partial charge in [0.15, 0.2) is 0 Å². The van der Waals surface area contributed by atoms with Crippen molar-refractivity contribution in [3.8, 4) is 0 Å². The number of fused-ring (bicyclic) bond motifs is 2. The van der Waals surface area contributed by atoms with Gasteiger partial charge in [0.25, 0.3) is 0 Å². The molecule has 2 aromatic rings. The molecule has 0 bridgehead atoms. The minimum Gasteiger partial charge on any atom is -0.348 e. The molecule has 2 aromatic carbocycles. The number of halogens is 2. The molecule has 4 nitrogen and oxygen atoms in total. The Balaban J connectivity index is 1.94. The molecule has 1 spiro atoms. The molecule has 2 amide bonds. The second-order valence-electron chi connectivity index (χ2n) is 6.62. The van der Waals surface area contributed by atoms with Gasteiger partial charge in [-0.25, -0.2) is 0 Å². The van der Waals surface area contributed by atoms with Gasteiger partial charge >= 0.3 is 0 Å². The van der Waals surface area contributed by atoms with E-state index in [1.165, 1.54) is 0 Å². The molecule has 0 saturated carbocycles. The Morgan fingerprint density at radius 2 is 1.80 bits per heavy atom. The molecule has 2 heterocycles. The summed E-state index contributed by atoms with van der Waals surface area (Å²) in [6, 6.07) is 10.5. The maximum atomic E-state index is 13.1. The van der Waals surface area contributed by atoms with E-state index in [0.29, 0.717) is 28.6 Å². The number of carbonyl (C=O) groups is 2. The van der Waals surface area contributed by atoms with Crippen LogP contribution in [0.3, 0.4) is 0 Å². The van der Waals surface area contributed by atoms with Gasteiger partial charge in [-0.1, -0.05) is 35.3 Å². The largest absolute Gasteiger partial charge is 0.348 e. The third-order valence-corrected chi connectivity index (χ3v) is 5.68. The predicted molar refractivity (Wildman–Crippen MR) is 98.1 cm³/mol. The summed E-state index contributed by atoms with van der Waals surface area (Å²) in [5.41, 5.74) is 2.55. The Hall–Kier alpha value is -2.04. The average Bonchev–Trinajstić information content (AvgIpc) is 2.84. The Labute approximate surface area is 155 Å². The van der Waals surface area contributed by atoms with Crippen molar-refractivity contribution >= 4 is 40.7 Å². The second kappa shape index (κ2) is 5.75. The molecule has 2 atom stereocenters. The smallest absolute Gasteiger partial charge is 0.237 e. The van der Waals surface area contributed by atoms with Gasteiger partial charge in [-0.3, -0.25) is 9.59 Å². The molecule has 0 aliphatic carbocycles. The molecule has 2 N–H and O–H groups in total. The van der Waals surface area contributed by atoms with Gasteiger partial charge < -0.3 is 10.6 Å². The maximum absolute atomic E-state index is 13.1. The summed E-state index contributed by atoms with van der Waals surface area (Å²) in [6.45, 7) is 1.95. The quantitative estimate of drug-likeness (QED) is 0.787. The molecular formula is C19H16Cl2N2O2. The van der Waals surface area contributed by atoms with Crippen molar-refractivity contribution in [2.75, 3.05) is 5.32 Å². The Kier molecular flexibility index (Phi) is 3.78. The maximum Gasteiger partial charge on any atom is 0.237 e. The van der Waals surface area contributed by atoms with E-state index in [1.54, 1.807) is 18.2 Å². The highest BCUT2D eigenvalue weighted by molar-refractivity contribution is 6.31. The number of anilines is 1. The van der Waals surface area contributed by atoms with E-state index in [1.807, 2.05) is 25.1 Å². The normalized spacial score (nSPS) is 24.8. The van der Waals surface area contributed by atoms with Crippen LogP contribution in [0.5, 0.6) is 0 Å². The summed E-state index contributed by atoms with van der Waals surface area (Å²) in [6.07, 6.45) is 0.738. The molecule has 0 unspecified atom stereocenters. The van der Waals surface area contributed by atoms with Crippen LogP contribution in [0.25, 0.3) is 0 Å². The highest BCUT2D eigenvalue weighted by atomic mass is 35.5. The van der Waals surface area contributed by atoms with Crippen molar-refractivity contribution in [3.05, 3.63) is 63.1 Å². The van der Waals surface area contributed by atoms with Crippen molar-refractivity contribution in [2.45, 2.75) is 31.2 Å². The summed E-state index contributed by atoms with van der Waals surface area (Å²) in [5.74, 6) is -0.181. The number of benzene rings is 2. The van der Waals surface area contributed by atoms with E-state index in [4.69, 9.17) is 23.2 Å². The minimum atomic E-state index is -0.858. The Morgan fingerprint density at radius 1 is 1.08 bits per heavy atom. The van der Waals surface area contributed by atoms with E-state index in [0.717, 1.165) is 16.7 Å². The van der Waals surface area contributed by atoms with Gasteiger partial charge in [-0.05, 0) is 54.3 Å². The lowest BCUT2D eigenvalue weighted by molar-refractivity contribution is -0.130. The standard InChI is InChI=1S/C19H16Cl2N2O2/c1-10-2-3-11(20)8-13(10)17-19(7-6-16(24)23-17)14-5-4-12(21)9-15(14)22-18(19)25/h2-5,8-9,17H,6-7H2,1H3,(H,22,25)(H,23,24)/t17-,19-/m1/s1. The van der Waals surface area contributed by atoms with E-state index < -0.39 is 11.5 Å². The molecule has 25 heavy (non-hydrogen) atoms. The molecule has 0 aromatic heterocycles. The van der Waals surface area contributed by atoms with Gasteiger partial charge in [0.05, 0.1) is 6.04 Å². The fourth-order valence-electron chi connectivity index (χ4n) is 3.98. The van der Waals surface area contributed by atoms with Crippen LogP contribution in [0.15, 0.2) is 36.4 Å². The Morgan fingerprint density at radius 3 is 2.60 bits per heavy atom. The minimum absolute atomic E-state index is 0.0646. The lowest BCUT2D eigenvalue weighted by Gasteiger charge is -2.41. The number of carbonyl (C=O) groups excluding carboxylic acids is 2. The molecule has 1 saturated heterocycles. The zero-order chi connectivity index (χ0) is 17.8. The van der Waals surface area contributed by atoms with Crippen LogP contribution in [0.2, 0.25) is 10.0 Å². The number of hydrogen-bond donors (Lipinski definition) is 2. The van der Waals surface area contributed by atoms with E-state index >= 15 is 0 Å². The molecule has 128 valence electrons. The molecule has 0 radical (unpaired) electrons. The lowest BCUT2D eigenvalue weighted by atomic mass is 9.67.